The van der Waals surface area contributed by atoms with Crippen LogP contribution in [0.5, 0.6) is 0 Å². The number of thiophene rings is 1. The highest BCUT2D eigenvalue weighted by Gasteiger charge is 2.21. The average Bonchev–Trinajstić information content (AvgIpc) is 2.52. The van der Waals surface area contributed by atoms with Crippen molar-refractivity contribution in [1.29, 1.82) is 5.26 Å². The summed E-state index contributed by atoms with van der Waals surface area (Å²) in [4.78, 5) is 2.02. The van der Waals surface area contributed by atoms with Crippen LogP contribution in [0.4, 0.5) is 0 Å². The zero-order valence-corrected chi connectivity index (χ0v) is 8.82. The molecule has 0 atom stereocenters. The van der Waals surface area contributed by atoms with Gasteiger partial charge in [0.1, 0.15) is 10.9 Å². The molecule has 0 aliphatic carbocycles. The molecule has 0 amide bonds. The molecule has 0 fully saturated rings. The largest absolute Gasteiger partial charge is 0.330 e. The van der Waals surface area contributed by atoms with Crippen LogP contribution in [-0.4, -0.2) is 6.54 Å². The second-order valence-electron chi connectivity index (χ2n) is 3.70. The van der Waals surface area contributed by atoms with E-state index in [0.717, 1.165) is 11.3 Å². The Hall–Kier alpha value is -0.850. The molecule has 0 unspecified atom stereocenters. The average molecular weight is 194 g/mol. The van der Waals surface area contributed by atoms with Crippen molar-refractivity contribution in [3.63, 3.8) is 0 Å². The Morgan fingerprint density at radius 3 is 2.69 bits per heavy atom. The second-order valence-corrected chi connectivity index (χ2v) is 4.78. The van der Waals surface area contributed by atoms with Gasteiger partial charge in [0.15, 0.2) is 0 Å². The van der Waals surface area contributed by atoms with Crippen LogP contribution >= 0.6 is 11.3 Å². The molecule has 70 valence electrons. The van der Waals surface area contributed by atoms with Crippen molar-refractivity contribution in [1.82, 2.24) is 0 Å². The molecule has 0 aliphatic heterocycles. The lowest BCUT2D eigenvalue weighted by molar-refractivity contribution is 0.497. The molecule has 0 bridgehead atoms. The molecule has 0 saturated carbocycles. The number of nitrogens with two attached hydrogens (primary N) is 1. The Bertz CT molecular complexity index is 320. The highest BCUT2D eigenvalue weighted by atomic mass is 32.1. The lowest BCUT2D eigenvalue weighted by Crippen LogP contribution is -2.20. The van der Waals surface area contributed by atoms with Crippen LogP contribution in [0.25, 0.3) is 0 Å². The molecule has 0 aliphatic rings. The lowest BCUT2D eigenvalue weighted by Gasteiger charge is -2.21. The van der Waals surface area contributed by atoms with Gasteiger partial charge >= 0.3 is 0 Å². The van der Waals surface area contributed by atoms with Crippen molar-refractivity contribution >= 4 is 11.3 Å². The van der Waals surface area contributed by atoms with Crippen molar-refractivity contribution in [2.45, 2.75) is 25.7 Å². The third-order valence-corrected chi connectivity index (χ3v) is 3.51. The number of nitriles is 1. The molecule has 0 aromatic carbocycles. The van der Waals surface area contributed by atoms with Crippen molar-refractivity contribution in [3.8, 4) is 6.07 Å². The fourth-order valence-electron chi connectivity index (χ4n) is 1.25. The van der Waals surface area contributed by atoms with Crippen LogP contribution in [0, 0.1) is 11.3 Å². The molecule has 3 heteroatoms. The van der Waals surface area contributed by atoms with E-state index in [2.05, 4.69) is 19.9 Å². The van der Waals surface area contributed by atoms with E-state index >= 15 is 0 Å². The minimum absolute atomic E-state index is 0.106. The van der Waals surface area contributed by atoms with E-state index in [1.54, 1.807) is 11.3 Å². The van der Waals surface area contributed by atoms with Gasteiger partial charge in [-0.1, -0.05) is 13.8 Å². The fraction of sp³-hybridized carbons (Fsp3) is 0.500. The molecule has 2 N–H and O–H groups in total. The maximum atomic E-state index is 8.68. The molecule has 1 aromatic heterocycles. The normalized spacial score (nSPS) is 11.2. The molecule has 1 heterocycles. The third kappa shape index (κ3) is 2.30. The van der Waals surface area contributed by atoms with Crippen LogP contribution < -0.4 is 5.73 Å². The van der Waals surface area contributed by atoms with Crippen LogP contribution in [-0.2, 0) is 5.41 Å². The molecule has 1 rings (SSSR count). The summed E-state index contributed by atoms with van der Waals surface area (Å²) >= 11 is 1.56. The van der Waals surface area contributed by atoms with Crippen LogP contribution in [0.15, 0.2) is 12.1 Å². The maximum absolute atomic E-state index is 8.68. The summed E-state index contributed by atoms with van der Waals surface area (Å²) in [5.41, 5.74) is 5.64. The van der Waals surface area contributed by atoms with Gasteiger partial charge in [-0.25, -0.2) is 0 Å². The molecule has 0 radical (unpaired) electrons. The Kier molecular flexibility index (Phi) is 3.07. The molecular formula is C10H14N2S. The van der Waals surface area contributed by atoms with Gasteiger partial charge in [-0.15, -0.1) is 11.3 Å². The predicted molar refractivity (Wildman–Crippen MR) is 55.7 cm³/mol. The number of hydrogen-bond acceptors (Lipinski definition) is 3. The topological polar surface area (TPSA) is 49.8 Å². The van der Waals surface area contributed by atoms with Crippen molar-refractivity contribution < 1.29 is 0 Å². The first-order valence-electron chi connectivity index (χ1n) is 4.30. The predicted octanol–water partition coefficient (Wildman–Crippen LogP) is 2.25. The fourth-order valence-corrected chi connectivity index (χ4v) is 2.18. The van der Waals surface area contributed by atoms with E-state index in [0.29, 0.717) is 6.54 Å². The van der Waals surface area contributed by atoms with Gasteiger partial charge in [-0.3, -0.25) is 0 Å². The van der Waals surface area contributed by atoms with Gasteiger partial charge in [-0.2, -0.15) is 5.26 Å². The number of nitrogens with zero attached hydrogens (tertiary/aromatic N) is 1. The van der Waals surface area contributed by atoms with Crippen LogP contribution in [0.1, 0.15) is 30.0 Å². The monoisotopic (exact) mass is 194 g/mol. The molecule has 2 nitrogen and oxygen atoms in total. The van der Waals surface area contributed by atoms with Crippen molar-refractivity contribution in [3.05, 3.63) is 21.9 Å². The van der Waals surface area contributed by atoms with Gasteiger partial charge in [-0.05, 0) is 25.1 Å². The minimum Gasteiger partial charge on any atom is -0.330 e. The van der Waals surface area contributed by atoms with E-state index in [1.165, 1.54) is 4.88 Å². The highest BCUT2D eigenvalue weighted by molar-refractivity contribution is 7.12. The number of rotatable bonds is 3. The Labute approximate surface area is 83.0 Å². The summed E-state index contributed by atoms with van der Waals surface area (Å²) in [6, 6.07) is 6.05. The van der Waals surface area contributed by atoms with E-state index < -0.39 is 0 Å². The molecule has 0 saturated heterocycles. The standard InChI is InChI=1S/C10H14N2S/c1-10(2,5-6-11)9-4-3-8(7-12)13-9/h3-4H,5-6,11H2,1-2H3. The number of hydrogen-bond donors (Lipinski definition) is 1. The zero-order chi connectivity index (χ0) is 9.90. The van der Waals surface area contributed by atoms with Gasteiger partial charge < -0.3 is 5.73 Å². The molecular weight excluding hydrogens is 180 g/mol. The summed E-state index contributed by atoms with van der Waals surface area (Å²) in [6.45, 7) is 5.01. The van der Waals surface area contributed by atoms with Crippen LogP contribution in [0.3, 0.4) is 0 Å². The first-order chi connectivity index (χ1) is 6.10. The third-order valence-electron chi connectivity index (χ3n) is 2.15. The first-order valence-corrected chi connectivity index (χ1v) is 5.12. The second kappa shape index (κ2) is 3.91. The summed E-state index contributed by atoms with van der Waals surface area (Å²) in [6.07, 6.45) is 0.957. The first kappa shape index (κ1) is 10.2. The SMILES string of the molecule is CC(C)(CCN)c1ccc(C#N)s1. The summed E-state index contributed by atoms with van der Waals surface area (Å²) in [5, 5.41) is 8.68. The maximum Gasteiger partial charge on any atom is 0.110 e. The van der Waals surface area contributed by atoms with Crippen molar-refractivity contribution in [2.24, 2.45) is 5.73 Å². The van der Waals surface area contributed by atoms with Gasteiger partial charge in [0.05, 0.1) is 0 Å². The van der Waals surface area contributed by atoms with E-state index in [4.69, 9.17) is 11.0 Å². The summed E-state index contributed by atoms with van der Waals surface area (Å²) in [5.74, 6) is 0. The zero-order valence-electron chi connectivity index (χ0n) is 8.00. The van der Waals surface area contributed by atoms with Gasteiger partial charge in [0, 0.05) is 10.3 Å². The van der Waals surface area contributed by atoms with E-state index in [-0.39, 0.29) is 5.41 Å². The molecule has 13 heavy (non-hydrogen) atoms. The Morgan fingerprint density at radius 1 is 1.54 bits per heavy atom. The Balaban J connectivity index is 2.88. The summed E-state index contributed by atoms with van der Waals surface area (Å²) in [7, 11) is 0. The highest BCUT2D eigenvalue weighted by Crippen LogP contribution is 2.31. The van der Waals surface area contributed by atoms with Crippen molar-refractivity contribution in [2.75, 3.05) is 6.54 Å². The molecule has 0 spiro atoms. The van der Waals surface area contributed by atoms with Gasteiger partial charge in [0.2, 0.25) is 0 Å². The quantitative estimate of drug-likeness (QED) is 0.802. The van der Waals surface area contributed by atoms with Crippen LogP contribution in [0.2, 0.25) is 0 Å². The van der Waals surface area contributed by atoms with Gasteiger partial charge in [0.25, 0.3) is 0 Å². The smallest absolute Gasteiger partial charge is 0.110 e. The van der Waals surface area contributed by atoms with E-state index in [9.17, 15) is 0 Å². The van der Waals surface area contributed by atoms with E-state index in [1.807, 2.05) is 12.1 Å². The summed E-state index contributed by atoms with van der Waals surface area (Å²) < 4.78 is 0. The lowest BCUT2D eigenvalue weighted by atomic mass is 9.88. The Morgan fingerprint density at radius 2 is 2.23 bits per heavy atom. The minimum atomic E-state index is 0.106. The molecule has 1 aromatic rings.